The summed E-state index contributed by atoms with van der Waals surface area (Å²) in [6.07, 6.45) is 1.94. The van der Waals surface area contributed by atoms with Crippen molar-refractivity contribution < 1.29 is 18.3 Å². The molecule has 7 heteroatoms. The van der Waals surface area contributed by atoms with Gasteiger partial charge in [-0.3, -0.25) is 4.79 Å². The van der Waals surface area contributed by atoms with Crippen molar-refractivity contribution in [2.24, 2.45) is 5.92 Å². The van der Waals surface area contributed by atoms with Crippen LogP contribution in [-0.4, -0.2) is 25.5 Å². The number of hydrogen-bond acceptors (Lipinski definition) is 3. The molecule has 0 aliphatic heterocycles. The van der Waals surface area contributed by atoms with E-state index in [2.05, 4.69) is 4.72 Å². The second kappa shape index (κ2) is 7.59. The SMILES string of the molecule is CCC(C)[C@H](NS(=O)(=O)C=Cc1ccc(Cl)cc1)C(=O)O. The van der Waals surface area contributed by atoms with E-state index in [4.69, 9.17) is 16.7 Å². The maximum atomic E-state index is 11.9. The highest BCUT2D eigenvalue weighted by atomic mass is 35.5. The Labute approximate surface area is 129 Å². The van der Waals surface area contributed by atoms with E-state index in [1.807, 2.05) is 0 Å². The Morgan fingerprint density at radius 2 is 1.95 bits per heavy atom. The van der Waals surface area contributed by atoms with E-state index < -0.39 is 22.0 Å². The van der Waals surface area contributed by atoms with E-state index >= 15 is 0 Å². The number of aliphatic carboxylic acids is 1. The van der Waals surface area contributed by atoms with Gasteiger partial charge in [-0.25, -0.2) is 8.42 Å². The average Bonchev–Trinajstić information content (AvgIpc) is 2.43. The number of nitrogens with one attached hydrogen (secondary N) is 1. The number of halogens is 1. The highest BCUT2D eigenvalue weighted by Crippen LogP contribution is 2.12. The van der Waals surface area contributed by atoms with Crippen molar-refractivity contribution in [3.05, 3.63) is 40.3 Å². The summed E-state index contributed by atoms with van der Waals surface area (Å²) in [6, 6.07) is 5.46. The molecular weight excluding hydrogens is 314 g/mol. The zero-order chi connectivity index (χ0) is 16.0. The van der Waals surface area contributed by atoms with E-state index in [9.17, 15) is 13.2 Å². The van der Waals surface area contributed by atoms with Crippen molar-refractivity contribution in [1.29, 1.82) is 0 Å². The van der Waals surface area contributed by atoms with Crippen LogP contribution in [0.15, 0.2) is 29.7 Å². The zero-order valence-corrected chi connectivity index (χ0v) is 13.4. The topological polar surface area (TPSA) is 83.5 Å². The molecule has 116 valence electrons. The van der Waals surface area contributed by atoms with Crippen LogP contribution in [0.4, 0.5) is 0 Å². The molecule has 0 fully saturated rings. The molecule has 0 saturated heterocycles. The zero-order valence-electron chi connectivity index (χ0n) is 11.8. The second-order valence-electron chi connectivity index (χ2n) is 4.72. The van der Waals surface area contributed by atoms with Gasteiger partial charge in [0.15, 0.2) is 0 Å². The molecule has 0 aromatic heterocycles. The maximum Gasteiger partial charge on any atom is 0.322 e. The Morgan fingerprint density at radius 3 is 2.43 bits per heavy atom. The first-order valence-corrected chi connectivity index (χ1v) is 8.36. The van der Waals surface area contributed by atoms with Crippen molar-refractivity contribution >= 4 is 33.7 Å². The molecule has 5 nitrogen and oxygen atoms in total. The molecule has 1 rings (SSSR count). The summed E-state index contributed by atoms with van der Waals surface area (Å²) in [5, 5.41) is 10.6. The molecule has 0 amide bonds. The van der Waals surface area contributed by atoms with Gasteiger partial charge in [0.05, 0.1) is 0 Å². The summed E-state index contributed by atoms with van der Waals surface area (Å²) in [5.41, 5.74) is 0.653. The molecule has 0 aliphatic rings. The Kier molecular flexibility index (Phi) is 6.39. The van der Waals surface area contributed by atoms with E-state index in [-0.39, 0.29) is 5.92 Å². The van der Waals surface area contributed by atoms with Crippen LogP contribution in [0.3, 0.4) is 0 Å². The van der Waals surface area contributed by atoms with Crippen molar-refractivity contribution in [2.75, 3.05) is 0 Å². The smallest absolute Gasteiger partial charge is 0.322 e. The van der Waals surface area contributed by atoms with Crippen LogP contribution in [0.25, 0.3) is 6.08 Å². The molecule has 21 heavy (non-hydrogen) atoms. The number of sulfonamides is 1. The fraction of sp³-hybridized carbons (Fsp3) is 0.357. The Hall–Kier alpha value is -1.37. The van der Waals surface area contributed by atoms with Crippen LogP contribution < -0.4 is 4.72 Å². The van der Waals surface area contributed by atoms with Gasteiger partial charge in [0.25, 0.3) is 0 Å². The van der Waals surface area contributed by atoms with Crippen LogP contribution in [0.5, 0.6) is 0 Å². The molecule has 0 aliphatic carbocycles. The van der Waals surface area contributed by atoms with Crippen molar-refractivity contribution in [3.8, 4) is 0 Å². The number of benzene rings is 1. The lowest BCUT2D eigenvalue weighted by Crippen LogP contribution is -2.44. The maximum absolute atomic E-state index is 11.9. The van der Waals surface area contributed by atoms with Gasteiger partial charge in [0, 0.05) is 10.4 Å². The Bertz CT molecular complexity index is 610. The molecule has 0 heterocycles. The molecular formula is C14H18ClNO4S. The van der Waals surface area contributed by atoms with Gasteiger partial charge in [-0.2, -0.15) is 4.72 Å². The number of hydrogen-bond donors (Lipinski definition) is 2. The number of carboxylic acid groups (broad SMARTS) is 1. The lowest BCUT2D eigenvalue weighted by atomic mass is 10.0. The summed E-state index contributed by atoms with van der Waals surface area (Å²) in [6.45, 7) is 3.49. The highest BCUT2D eigenvalue weighted by Gasteiger charge is 2.27. The second-order valence-corrected chi connectivity index (χ2v) is 6.75. The molecule has 0 saturated carbocycles. The quantitative estimate of drug-likeness (QED) is 0.804. The van der Waals surface area contributed by atoms with E-state index in [0.717, 1.165) is 5.41 Å². The lowest BCUT2D eigenvalue weighted by Gasteiger charge is -2.18. The van der Waals surface area contributed by atoms with Crippen molar-refractivity contribution in [1.82, 2.24) is 4.72 Å². The summed E-state index contributed by atoms with van der Waals surface area (Å²) in [7, 11) is -3.83. The first-order valence-electron chi connectivity index (χ1n) is 6.44. The van der Waals surface area contributed by atoms with Gasteiger partial charge >= 0.3 is 5.97 Å². The predicted molar refractivity (Wildman–Crippen MR) is 83.4 cm³/mol. The van der Waals surface area contributed by atoms with Crippen LogP contribution in [0, 0.1) is 5.92 Å². The summed E-state index contributed by atoms with van der Waals surface area (Å²) >= 11 is 5.74. The summed E-state index contributed by atoms with van der Waals surface area (Å²) in [5.74, 6) is -1.49. The van der Waals surface area contributed by atoms with Gasteiger partial charge < -0.3 is 5.11 Å². The molecule has 0 bridgehead atoms. The molecule has 2 N–H and O–H groups in total. The fourth-order valence-corrected chi connectivity index (χ4v) is 2.83. The van der Waals surface area contributed by atoms with E-state index in [0.29, 0.717) is 17.0 Å². The molecule has 0 spiro atoms. The van der Waals surface area contributed by atoms with Gasteiger partial charge in [-0.15, -0.1) is 0 Å². The van der Waals surface area contributed by atoms with Crippen LogP contribution in [0.1, 0.15) is 25.8 Å². The molecule has 1 aromatic carbocycles. The third-order valence-electron chi connectivity index (χ3n) is 3.08. The van der Waals surface area contributed by atoms with Gasteiger partial charge in [0.1, 0.15) is 6.04 Å². The Morgan fingerprint density at radius 1 is 1.38 bits per heavy atom. The first-order chi connectivity index (χ1) is 9.75. The first kappa shape index (κ1) is 17.7. The molecule has 2 atom stereocenters. The van der Waals surface area contributed by atoms with Crippen molar-refractivity contribution in [3.63, 3.8) is 0 Å². The molecule has 1 aromatic rings. The highest BCUT2D eigenvalue weighted by molar-refractivity contribution is 7.92. The summed E-state index contributed by atoms with van der Waals surface area (Å²) < 4.78 is 26.0. The minimum atomic E-state index is -3.83. The normalized spacial score (nSPS) is 15.0. The molecule has 1 unspecified atom stereocenters. The fourth-order valence-electron chi connectivity index (χ4n) is 1.60. The third-order valence-corrected chi connectivity index (χ3v) is 4.41. The number of rotatable bonds is 7. The Balaban J connectivity index is 2.85. The van der Waals surface area contributed by atoms with E-state index in [1.54, 1.807) is 38.1 Å². The minimum Gasteiger partial charge on any atom is -0.480 e. The van der Waals surface area contributed by atoms with Crippen LogP contribution in [0.2, 0.25) is 5.02 Å². The molecule has 0 radical (unpaired) electrons. The standard InChI is InChI=1S/C14H18ClNO4S/c1-3-10(2)13(14(17)18)16-21(19,20)9-8-11-4-6-12(15)7-5-11/h4-10,13,16H,3H2,1-2H3,(H,17,18)/t10?,13-/m0/s1. The monoisotopic (exact) mass is 331 g/mol. The number of carbonyl (C=O) groups is 1. The van der Waals surface area contributed by atoms with Gasteiger partial charge in [-0.1, -0.05) is 44.0 Å². The van der Waals surface area contributed by atoms with Crippen molar-refractivity contribution in [2.45, 2.75) is 26.3 Å². The lowest BCUT2D eigenvalue weighted by molar-refractivity contribution is -0.140. The minimum absolute atomic E-state index is 0.304. The average molecular weight is 332 g/mol. The summed E-state index contributed by atoms with van der Waals surface area (Å²) in [4.78, 5) is 11.1. The predicted octanol–water partition coefficient (Wildman–Crippen LogP) is 2.73. The number of carboxylic acids is 1. The van der Waals surface area contributed by atoms with Crippen LogP contribution >= 0.6 is 11.6 Å². The van der Waals surface area contributed by atoms with Gasteiger partial charge in [-0.05, 0) is 29.7 Å². The van der Waals surface area contributed by atoms with Crippen LogP contribution in [-0.2, 0) is 14.8 Å². The van der Waals surface area contributed by atoms with E-state index in [1.165, 1.54) is 6.08 Å². The third kappa shape index (κ3) is 5.87. The largest absolute Gasteiger partial charge is 0.480 e. The van der Waals surface area contributed by atoms with Gasteiger partial charge in [0.2, 0.25) is 10.0 Å².